The van der Waals surface area contributed by atoms with Gasteiger partial charge in [-0.15, -0.1) is 0 Å². The second-order valence-corrected chi connectivity index (χ2v) is 6.49. The minimum atomic E-state index is -0.822. The standard InChI is InChI=1S/C17H28N4O3/c1-3-4-5-9-21-12-15(13(2)19-21)10-18-17(24)20-8-6-7-14(11-20)16(22)23/h12,14H,3-11H2,1-2H3,(H,18,24)(H,22,23). The maximum Gasteiger partial charge on any atom is 0.317 e. The van der Waals surface area contributed by atoms with Crippen LogP contribution in [0.1, 0.15) is 50.3 Å². The van der Waals surface area contributed by atoms with Gasteiger partial charge >= 0.3 is 12.0 Å². The van der Waals surface area contributed by atoms with Gasteiger partial charge in [0.25, 0.3) is 0 Å². The molecular formula is C17H28N4O3. The Labute approximate surface area is 143 Å². The minimum absolute atomic E-state index is 0.195. The van der Waals surface area contributed by atoms with Crippen molar-refractivity contribution in [3.8, 4) is 0 Å². The van der Waals surface area contributed by atoms with Gasteiger partial charge in [-0.1, -0.05) is 19.8 Å². The molecule has 1 aliphatic heterocycles. The third-order valence-corrected chi connectivity index (χ3v) is 4.53. The molecule has 2 heterocycles. The number of carboxylic acid groups (broad SMARTS) is 1. The zero-order valence-corrected chi connectivity index (χ0v) is 14.6. The maximum absolute atomic E-state index is 12.3. The highest BCUT2D eigenvalue weighted by atomic mass is 16.4. The van der Waals surface area contributed by atoms with Gasteiger partial charge in [0.1, 0.15) is 0 Å². The summed E-state index contributed by atoms with van der Waals surface area (Å²) in [4.78, 5) is 25.0. The molecule has 1 aromatic heterocycles. The summed E-state index contributed by atoms with van der Waals surface area (Å²) in [5.41, 5.74) is 1.93. The van der Waals surface area contributed by atoms with Crippen molar-refractivity contribution >= 4 is 12.0 Å². The number of aromatic nitrogens is 2. The first-order valence-electron chi connectivity index (χ1n) is 8.79. The lowest BCUT2D eigenvalue weighted by atomic mass is 9.99. The topological polar surface area (TPSA) is 87.5 Å². The summed E-state index contributed by atoms with van der Waals surface area (Å²) in [5.74, 6) is -1.27. The molecule has 1 saturated heterocycles. The minimum Gasteiger partial charge on any atom is -0.481 e. The number of carbonyl (C=O) groups is 2. The molecule has 7 nitrogen and oxygen atoms in total. The van der Waals surface area contributed by atoms with Crippen molar-refractivity contribution in [2.75, 3.05) is 13.1 Å². The SMILES string of the molecule is CCCCCn1cc(CNC(=O)N2CCCC(C(=O)O)C2)c(C)n1. The zero-order valence-electron chi connectivity index (χ0n) is 14.6. The Kier molecular flexibility index (Phi) is 6.63. The molecule has 0 spiro atoms. The number of carbonyl (C=O) groups excluding carboxylic acids is 1. The van der Waals surface area contributed by atoms with E-state index >= 15 is 0 Å². The van der Waals surface area contributed by atoms with Gasteiger partial charge in [0.15, 0.2) is 0 Å². The van der Waals surface area contributed by atoms with E-state index in [1.54, 1.807) is 4.90 Å². The molecule has 1 fully saturated rings. The molecular weight excluding hydrogens is 308 g/mol. The molecule has 1 aliphatic rings. The summed E-state index contributed by atoms with van der Waals surface area (Å²) in [6.07, 6.45) is 6.83. The van der Waals surface area contributed by atoms with Crippen molar-refractivity contribution in [1.29, 1.82) is 0 Å². The Hall–Kier alpha value is -2.05. The molecule has 2 N–H and O–H groups in total. The Morgan fingerprint density at radius 1 is 1.42 bits per heavy atom. The van der Waals surface area contributed by atoms with Crippen molar-refractivity contribution in [1.82, 2.24) is 20.0 Å². The van der Waals surface area contributed by atoms with Gasteiger partial charge in [0.2, 0.25) is 0 Å². The van der Waals surface area contributed by atoms with E-state index in [0.717, 1.165) is 30.6 Å². The molecule has 7 heteroatoms. The number of hydrogen-bond acceptors (Lipinski definition) is 3. The van der Waals surface area contributed by atoms with Crippen LogP contribution in [0.3, 0.4) is 0 Å². The summed E-state index contributed by atoms with van der Waals surface area (Å²) in [6, 6.07) is -0.195. The van der Waals surface area contributed by atoms with Gasteiger partial charge in [0, 0.05) is 37.9 Å². The van der Waals surface area contributed by atoms with Crippen LogP contribution in [0.2, 0.25) is 0 Å². The van der Waals surface area contributed by atoms with Crippen LogP contribution >= 0.6 is 0 Å². The number of aliphatic carboxylic acids is 1. The van der Waals surface area contributed by atoms with Gasteiger partial charge in [-0.2, -0.15) is 5.10 Å². The molecule has 1 aromatic rings. The first-order chi connectivity index (χ1) is 11.5. The fourth-order valence-corrected chi connectivity index (χ4v) is 3.02. The number of likely N-dealkylation sites (tertiary alicyclic amines) is 1. The van der Waals surface area contributed by atoms with Crippen molar-refractivity contribution in [2.45, 2.75) is 59.0 Å². The predicted molar refractivity (Wildman–Crippen MR) is 90.7 cm³/mol. The molecule has 0 saturated carbocycles. The summed E-state index contributed by atoms with van der Waals surface area (Å²) >= 11 is 0. The monoisotopic (exact) mass is 336 g/mol. The molecule has 0 bridgehead atoms. The number of unbranched alkanes of at least 4 members (excludes halogenated alkanes) is 2. The largest absolute Gasteiger partial charge is 0.481 e. The summed E-state index contributed by atoms with van der Waals surface area (Å²) in [6.45, 7) is 6.34. The molecule has 0 radical (unpaired) electrons. The lowest BCUT2D eigenvalue weighted by Crippen LogP contribution is -2.46. The molecule has 1 unspecified atom stereocenters. The van der Waals surface area contributed by atoms with E-state index in [0.29, 0.717) is 19.5 Å². The van der Waals surface area contributed by atoms with E-state index < -0.39 is 11.9 Å². The lowest BCUT2D eigenvalue weighted by molar-refractivity contribution is -0.143. The van der Waals surface area contributed by atoms with Crippen molar-refractivity contribution in [3.63, 3.8) is 0 Å². The van der Waals surface area contributed by atoms with Gasteiger partial charge in [-0.25, -0.2) is 4.79 Å². The third-order valence-electron chi connectivity index (χ3n) is 4.53. The van der Waals surface area contributed by atoms with Gasteiger partial charge in [0.05, 0.1) is 11.6 Å². The molecule has 2 rings (SSSR count). The number of amides is 2. The normalized spacial score (nSPS) is 17.8. The number of nitrogens with zero attached hydrogens (tertiary/aromatic N) is 3. The summed E-state index contributed by atoms with van der Waals surface area (Å²) in [5, 5.41) is 16.5. The number of urea groups is 1. The Morgan fingerprint density at radius 3 is 2.92 bits per heavy atom. The van der Waals surface area contributed by atoms with Crippen molar-refractivity contribution < 1.29 is 14.7 Å². The van der Waals surface area contributed by atoms with E-state index in [4.69, 9.17) is 5.11 Å². The van der Waals surface area contributed by atoms with Crippen LogP contribution in [0.15, 0.2) is 6.20 Å². The fourth-order valence-electron chi connectivity index (χ4n) is 3.02. The van der Waals surface area contributed by atoms with Gasteiger partial charge < -0.3 is 15.3 Å². The molecule has 0 aromatic carbocycles. The highest BCUT2D eigenvalue weighted by Gasteiger charge is 2.28. The molecule has 2 amide bonds. The van der Waals surface area contributed by atoms with Crippen LogP contribution in [-0.2, 0) is 17.9 Å². The van der Waals surface area contributed by atoms with E-state index in [2.05, 4.69) is 17.3 Å². The van der Waals surface area contributed by atoms with E-state index in [1.807, 2.05) is 17.8 Å². The Balaban J connectivity index is 1.84. The highest BCUT2D eigenvalue weighted by Crippen LogP contribution is 2.16. The van der Waals surface area contributed by atoms with Crippen LogP contribution in [0.4, 0.5) is 4.79 Å². The Bertz CT molecular complexity index is 570. The number of carboxylic acids is 1. The zero-order chi connectivity index (χ0) is 17.5. The molecule has 24 heavy (non-hydrogen) atoms. The predicted octanol–water partition coefficient (Wildman–Crippen LogP) is 2.39. The van der Waals surface area contributed by atoms with Crippen LogP contribution in [-0.4, -0.2) is 44.9 Å². The van der Waals surface area contributed by atoms with E-state index in [1.165, 1.54) is 12.8 Å². The Morgan fingerprint density at radius 2 is 2.21 bits per heavy atom. The first-order valence-corrected chi connectivity index (χ1v) is 8.79. The lowest BCUT2D eigenvalue weighted by Gasteiger charge is -2.30. The number of piperidine rings is 1. The van der Waals surface area contributed by atoms with Crippen molar-refractivity contribution in [3.05, 3.63) is 17.5 Å². The number of hydrogen-bond donors (Lipinski definition) is 2. The number of aryl methyl sites for hydroxylation is 2. The summed E-state index contributed by atoms with van der Waals surface area (Å²) in [7, 11) is 0. The van der Waals surface area contributed by atoms with Gasteiger partial charge in [-0.05, 0) is 26.2 Å². The average Bonchev–Trinajstić information content (AvgIpc) is 2.93. The fraction of sp³-hybridized carbons (Fsp3) is 0.706. The van der Waals surface area contributed by atoms with Crippen molar-refractivity contribution in [2.24, 2.45) is 5.92 Å². The molecule has 1 atom stereocenters. The van der Waals surface area contributed by atoms with Crippen LogP contribution in [0.5, 0.6) is 0 Å². The molecule has 134 valence electrons. The van der Waals surface area contributed by atoms with Crippen LogP contribution in [0.25, 0.3) is 0 Å². The summed E-state index contributed by atoms with van der Waals surface area (Å²) < 4.78 is 1.94. The smallest absolute Gasteiger partial charge is 0.317 e. The average molecular weight is 336 g/mol. The van der Waals surface area contributed by atoms with Crippen LogP contribution < -0.4 is 5.32 Å². The van der Waals surface area contributed by atoms with Crippen LogP contribution in [0, 0.1) is 12.8 Å². The quantitative estimate of drug-likeness (QED) is 0.748. The number of nitrogens with one attached hydrogen (secondary N) is 1. The number of rotatable bonds is 7. The van der Waals surface area contributed by atoms with E-state index in [-0.39, 0.29) is 12.6 Å². The third kappa shape index (κ3) is 4.97. The first kappa shape index (κ1) is 18.3. The highest BCUT2D eigenvalue weighted by molar-refractivity contribution is 5.76. The maximum atomic E-state index is 12.3. The molecule has 0 aliphatic carbocycles. The second-order valence-electron chi connectivity index (χ2n) is 6.49. The van der Waals surface area contributed by atoms with Gasteiger partial charge in [-0.3, -0.25) is 9.48 Å². The van der Waals surface area contributed by atoms with E-state index in [9.17, 15) is 9.59 Å². The second kappa shape index (κ2) is 8.70.